The molecule has 0 aliphatic heterocycles. The molecule has 1 heterocycles. The molecule has 6 rings (SSSR count). The van der Waals surface area contributed by atoms with Gasteiger partial charge in [0.1, 0.15) is 0 Å². The van der Waals surface area contributed by atoms with Crippen molar-refractivity contribution < 1.29 is 0 Å². The molecule has 184 valence electrons. The van der Waals surface area contributed by atoms with Crippen molar-refractivity contribution in [3.63, 3.8) is 0 Å². The van der Waals surface area contributed by atoms with Gasteiger partial charge >= 0.3 is 0 Å². The molecule has 2 bridgehead atoms. The number of fused-ring (bicyclic) bond motifs is 2. The minimum Gasteiger partial charge on any atom is -0.208 e. The SMILES string of the molecule is C[C@@H]1C[C@@H]2C[C@H](C)CC(c3cccc(-c4nc(-c5ccccc5)nc(-c5cccc(C#N)c5)n4)c3)(C1)C2. The van der Waals surface area contributed by atoms with Crippen LogP contribution in [0.2, 0.25) is 0 Å². The van der Waals surface area contributed by atoms with Crippen LogP contribution in [0, 0.1) is 29.1 Å². The Morgan fingerprint density at radius 1 is 0.676 bits per heavy atom. The molecule has 2 aliphatic rings. The largest absolute Gasteiger partial charge is 0.208 e. The number of hydrogen-bond acceptors (Lipinski definition) is 4. The van der Waals surface area contributed by atoms with E-state index in [-0.39, 0.29) is 5.41 Å². The van der Waals surface area contributed by atoms with Crippen LogP contribution in [0.25, 0.3) is 34.2 Å². The van der Waals surface area contributed by atoms with Crippen LogP contribution >= 0.6 is 0 Å². The quantitative estimate of drug-likeness (QED) is 0.296. The monoisotopic (exact) mass is 484 g/mol. The molecule has 0 saturated heterocycles. The van der Waals surface area contributed by atoms with Crippen molar-refractivity contribution >= 4 is 0 Å². The number of rotatable bonds is 4. The lowest BCUT2D eigenvalue weighted by Crippen LogP contribution is -2.42. The van der Waals surface area contributed by atoms with Crippen molar-refractivity contribution in [1.29, 1.82) is 5.26 Å². The molecule has 0 radical (unpaired) electrons. The van der Waals surface area contributed by atoms with Gasteiger partial charge in [0.15, 0.2) is 17.5 Å². The molecule has 4 atom stereocenters. The lowest BCUT2D eigenvalue weighted by atomic mass is 9.54. The van der Waals surface area contributed by atoms with Crippen LogP contribution in [0.1, 0.15) is 57.1 Å². The lowest BCUT2D eigenvalue weighted by molar-refractivity contribution is 0.0780. The maximum absolute atomic E-state index is 9.43. The zero-order valence-electron chi connectivity index (χ0n) is 21.6. The molecule has 0 amide bonds. The van der Waals surface area contributed by atoms with E-state index >= 15 is 0 Å². The maximum Gasteiger partial charge on any atom is 0.164 e. The van der Waals surface area contributed by atoms with Gasteiger partial charge in [-0.15, -0.1) is 0 Å². The Kier molecular flexibility index (Phi) is 6.08. The third kappa shape index (κ3) is 4.67. The Labute approximate surface area is 219 Å². The van der Waals surface area contributed by atoms with Crippen LogP contribution in [0.3, 0.4) is 0 Å². The van der Waals surface area contributed by atoms with E-state index in [0.29, 0.717) is 23.0 Å². The van der Waals surface area contributed by atoms with Gasteiger partial charge < -0.3 is 0 Å². The molecule has 0 N–H and O–H groups in total. The summed E-state index contributed by atoms with van der Waals surface area (Å²) in [5.41, 5.74) is 5.06. The normalized spacial score (nSPS) is 24.8. The first-order valence-corrected chi connectivity index (χ1v) is 13.4. The molecule has 4 nitrogen and oxygen atoms in total. The molecule has 1 unspecified atom stereocenters. The van der Waals surface area contributed by atoms with Crippen LogP contribution in [-0.4, -0.2) is 15.0 Å². The summed E-state index contributed by atoms with van der Waals surface area (Å²) in [6, 6.07) is 28.7. The molecular weight excluding hydrogens is 452 g/mol. The van der Waals surface area contributed by atoms with Gasteiger partial charge in [-0.05, 0) is 79.0 Å². The number of benzene rings is 3. The van der Waals surface area contributed by atoms with Crippen molar-refractivity contribution in [2.45, 2.75) is 51.4 Å². The van der Waals surface area contributed by atoms with Crippen molar-refractivity contribution in [3.8, 4) is 40.2 Å². The van der Waals surface area contributed by atoms with E-state index in [1.807, 2.05) is 48.5 Å². The third-order valence-electron chi connectivity index (χ3n) is 8.28. The average molecular weight is 485 g/mol. The van der Waals surface area contributed by atoms with Gasteiger partial charge in [0.2, 0.25) is 0 Å². The summed E-state index contributed by atoms with van der Waals surface area (Å²) in [6.07, 6.45) is 6.55. The van der Waals surface area contributed by atoms with Crippen LogP contribution in [0.5, 0.6) is 0 Å². The molecular formula is C33H32N4. The fourth-order valence-electron chi connectivity index (χ4n) is 7.12. The third-order valence-corrected chi connectivity index (χ3v) is 8.28. The summed E-state index contributed by atoms with van der Waals surface area (Å²) in [5, 5.41) is 9.43. The molecule has 3 aromatic carbocycles. The van der Waals surface area contributed by atoms with E-state index in [0.717, 1.165) is 34.4 Å². The van der Waals surface area contributed by atoms with Gasteiger partial charge in [-0.1, -0.05) is 74.5 Å². The molecule has 2 fully saturated rings. The Morgan fingerprint density at radius 3 is 1.89 bits per heavy atom. The molecule has 0 spiro atoms. The molecule has 37 heavy (non-hydrogen) atoms. The topological polar surface area (TPSA) is 62.5 Å². The predicted octanol–water partition coefficient (Wildman–Crippen LogP) is 7.85. The van der Waals surface area contributed by atoms with Crippen molar-refractivity contribution in [2.24, 2.45) is 17.8 Å². The van der Waals surface area contributed by atoms with Gasteiger partial charge in [0, 0.05) is 16.7 Å². The number of nitriles is 1. The number of nitrogens with zero attached hydrogens (tertiary/aromatic N) is 4. The second-order valence-electron chi connectivity index (χ2n) is 11.4. The van der Waals surface area contributed by atoms with Crippen LogP contribution in [0.15, 0.2) is 78.9 Å². The van der Waals surface area contributed by atoms with Gasteiger partial charge in [0.25, 0.3) is 0 Å². The molecule has 1 aromatic heterocycles. The maximum atomic E-state index is 9.43. The standard InChI is InChI=1S/C33H32N4/c1-22-14-25-15-23(2)19-33(18-22,20-25)29-13-7-12-28(17-29)32-36-30(26-9-4-3-5-10-26)35-31(37-32)27-11-6-8-24(16-27)21-34/h3-13,16-17,22-23,25H,14-15,18-20H2,1-2H3/t22-,23+,25-,33?. The minimum atomic E-state index is 0.245. The summed E-state index contributed by atoms with van der Waals surface area (Å²) < 4.78 is 0. The predicted molar refractivity (Wildman–Crippen MR) is 147 cm³/mol. The summed E-state index contributed by atoms with van der Waals surface area (Å²) in [5.74, 6) is 4.25. The fraction of sp³-hybridized carbons (Fsp3) is 0.333. The first-order chi connectivity index (χ1) is 18.0. The van der Waals surface area contributed by atoms with E-state index in [4.69, 9.17) is 15.0 Å². The molecule has 4 heteroatoms. The molecule has 4 aromatic rings. The fourth-order valence-corrected chi connectivity index (χ4v) is 7.12. The van der Waals surface area contributed by atoms with Crippen LogP contribution < -0.4 is 0 Å². The highest BCUT2D eigenvalue weighted by atomic mass is 15.0. The van der Waals surface area contributed by atoms with Gasteiger partial charge in [-0.25, -0.2) is 15.0 Å². The van der Waals surface area contributed by atoms with E-state index < -0.39 is 0 Å². The van der Waals surface area contributed by atoms with E-state index in [2.05, 4.69) is 44.2 Å². The Morgan fingerprint density at radius 2 is 1.24 bits per heavy atom. The highest BCUT2D eigenvalue weighted by molar-refractivity contribution is 5.67. The zero-order valence-corrected chi connectivity index (χ0v) is 21.6. The molecule has 2 aliphatic carbocycles. The highest BCUT2D eigenvalue weighted by Gasteiger charge is 2.45. The Balaban J connectivity index is 1.47. The van der Waals surface area contributed by atoms with Crippen molar-refractivity contribution in [1.82, 2.24) is 15.0 Å². The second-order valence-corrected chi connectivity index (χ2v) is 11.4. The highest BCUT2D eigenvalue weighted by Crippen LogP contribution is 2.54. The first-order valence-electron chi connectivity index (χ1n) is 13.4. The van der Waals surface area contributed by atoms with E-state index in [1.54, 1.807) is 6.07 Å². The summed E-state index contributed by atoms with van der Waals surface area (Å²) in [6.45, 7) is 4.86. The summed E-state index contributed by atoms with van der Waals surface area (Å²) in [7, 11) is 0. The zero-order chi connectivity index (χ0) is 25.4. The number of hydrogen-bond donors (Lipinski definition) is 0. The van der Waals surface area contributed by atoms with Gasteiger partial charge in [0.05, 0.1) is 11.6 Å². The van der Waals surface area contributed by atoms with Crippen molar-refractivity contribution in [2.75, 3.05) is 0 Å². The van der Waals surface area contributed by atoms with E-state index in [1.165, 1.54) is 37.7 Å². The smallest absolute Gasteiger partial charge is 0.164 e. The first kappa shape index (κ1) is 23.6. The number of aromatic nitrogens is 3. The lowest BCUT2D eigenvalue weighted by Gasteiger charge is -2.50. The minimum absolute atomic E-state index is 0.245. The molecule has 2 saturated carbocycles. The van der Waals surface area contributed by atoms with Gasteiger partial charge in [-0.3, -0.25) is 0 Å². The summed E-state index contributed by atoms with van der Waals surface area (Å²) >= 11 is 0. The van der Waals surface area contributed by atoms with Crippen LogP contribution in [-0.2, 0) is 5.41 Å². The second kappa shape index (κ2) is 9.56. The van der Waals surface area contributed by atoms with Gasteiger partial charge in [-0.2, -0.15) is 5.26 Å². The van der Waals surface area contributed by atoms with Crippen molar-refractivity contribution in [3.05, 3.63) is 90.0 Å². The average Bonchev–Trinajstić information content (AvgIpc) is 2.92. The van der Waals surface area contributed by atoms with Crippen LogP contribution in [0.4, 0.5) is 0 Å². The Hall–Kier alpha value is -3.84. The summed E-state index contributed by atoms with van der Waals surface area (Å²) in [4.78, 5) is 14.7. The van der Waals surface area contributed by atoms with E-state index in [9.17, 15) is 5.26 Å². The Bertz CT molecular complexity index is 1450.